The van der Waals surface area contributed by atoms with E-state index in [0.717, 1.165) is 12.2 Å². The second-order valence-electron chi connectivity index (χ2n) is 6.20. The Hall–Kier alpha value is -2.29. The van der Waals surface area contributed by atoms with Gasteiger partial charge in [-0.15, -0.1) is 0 Å². The quantitative estimate of drug-likeness (QED) is 0.664. The highest BCUT2D eigenvalue weighted by molar-refractivity contribution is 5.92. The number of hydrogen-bond donors (Lipinski definition) is 2. The molecule has 2 aromatic carbocycles. The second-order valence-corrected chi connectivity index (χ2v) is 6.20. The highest BCUT2D eigenvalue weighted by Gasteiger charge is 2.38. The van der Waals surface area contributed by atoms with Gasteiger partial charge in [-0.1, -0.05) is 48.9 Å². The van der Waals surface area contributed by atoms with E-state index in [0.29, 0.717) is 5.96 Å². The van der Waals surface area contributed by atoms with Crippen molar-refractivity contribution in [1.29, 1.82) is 0 Å². The Labute approximate surface area is 132 Å². The third-order valence-electron chi connectivity index (χ3n) is 4.54. The van der Waals surface area contributed by atoms with Gasteiger partial charge >= 0.3 is 0 Å². The van der Waals surface area contributed by atoms with Gasteiger partial charge in [0, 0.05) is 11.1 Å². The van der Waals surface area contributed by atoms with Crippen molar-refractivity contribution in [2.75, 3.05) is 11.9 Å². The number of anilines is 1. The van der Waals surface area contributed by atoms with Crippen molar-refractivity contribution in [3.8, 4) is 0 Å². The van der Waals surface area contributed by atoms with Gasteiger partial charge in [0.05, 0.1) is 6.54 Å². The van der Waals surface area contributed by atoms with Crippen molar-refractivity contribution in [2.24, 2.45) is 10.7 Å². The van der Waals surface area contributed by atoms with E-state index < -0.39 is 0 Å². The molecule has 1 aliphatic rings. The lowest BCUT2D eigenvalue weighted by Crippen LogP contribution is -2.38. The Balaban J connectivity index is 1.69. The minimum atomic E-state index is 0.181. The fourth-order valence-corrected chi connectivity index (χ4v) is 3.08. The van der Waals surface area contributed by atoms with Crippen LogP contribution in [0.5, 0.6) is 0 Å². The molecule has 3 nitrogen and oxygen atoms in total. The van der Waals surface area contributed by atoms with Crippen LogP contribution in [0.4, 0.5) is 5.69 Å². The lowest BCUT2D eigenvalue weighted by atomic mass is 9.64. The summed E-state index contributed by atoms with van der Waals surface area (Å²) in [6, 6.07) is 18.8. The summed E-state index contributed by atoms with van der Waals surface area (Å²) in [5, 5.41) is 3.18. The first kappa shape index (κ1) is 14.6. The average Bonchev–Trinajstić information content (AvgIpc) is 2.47. The lowest BCUT2D eigenvalue weighted by Gasteiger charge is -2.41. The number of rotatable bonds is 4. The molecule has 0 heterocycles. The van der Waals surface area contributed by atoms with Crippen molar-refractivity contribution in [3.63, 3.8) is 0 Å². The number of nitrogens with zero attached hydrogens (tertiary/aromatic N) is 1. The van der Waals surface area contributed by atoms with Crippen molar-refractivity contribution >= 4 is 11.6 Å². The average molecular weight is 293 g/mol. The molecule has 3 rings (SSSR count). The van der Waals surface area contributed by atoms with Gasteiger partial charge in [-0.25, -0.2) is 0 Å². The fourth-order valence-electron chi connectivity index (χ4n) is 3.08. The smallest absolute Gasteiger partial charge is 0.193 e. The van der Waals surface area contributed by atoms with E-state index in [4.69, 9.17) is 5.73 Å². The first-order chi connectivity index (χ1) is 10.7. The molecule has 3 N–H and O–H groups in total. The first-order valence-corrected chi connectivity index (χ1v) is 7.87. The SMILES string of the molecule is Cc1cccc(NC(N)=NCC2(c3ccccc3)CCC2)c1. The number of nitrogens with one attached hydrogen (secondary N) is 1. The topological polar surface area (TPSA) is 50.4 Å². The molecule has 1 aliphatic carbocycles. The van der Waals surface area contributed by atoms with Crippen molar-refractivity contribution in [2.45, 2.75) is 31.6 Å². The van der Waals surface area contributed by atoms with Crippen LogP contribution in [-0.4, -0.2) is 12.5 Å². The molecule has 0 radical (unpaired) electrons. The predicted octanol–water partition coefficient (Wildman–Crippen LogP) is 3.84. The maximum absolute atomic E-state index is 6.06. The molecular formula is C19H23N3. The van der Waals surface area contributed by atoms with E-state index in [2.05, 4.69) is 59.7 Å². The monoisotopic (exact) mass is 293 g/mol. The summed E-state index contributed by atoms with van der Waals surface area (Å²) in [6.45, 7) is 2.82. The van der Waals surface area contributed by atoms with Gasteiger partial charge in [-0.3, -0.25) is 4.99 Å². The second kappa shape index (κ2) is 6.22. The van der Waals surface area contributed by atoms with Crippen LogP contribution in [-0.2, 0) is 5.41 Å². The Kier molecular flexibility index (Phi) is 4.14. The number of nitrogens with two attached hydrogens (primary N) is 1. The Morgan fingerprint density at radius 3 is 2.55 bits per heavy atom. The van der Waals surface area contributed by atoms with Crippen LogP contribution >= 0.6 is 0 Å². The number of guanidine groups is 1. The molecule has 3 heteroatoms. The molecule has 0 spiro atoms. The van der Waals surface area contributed by atoms with Crippen LogP contribution in [0.2, 0.25) is 0 Å². The summed E-state index contributed by atoms with van der Waals surface area (Å²) in [6.07, 6.45) is 3.66. The number of benzene rings is 2. The van der Waals surface area contributed by atoms with Crippen molar-refractivity contribution < 1.29 is 0 Å². The number of hydrogen-bond acceptors (Lipinski definition) is 1. The van der Waals surface area contributed by atoms with Crippen LogP contribution in [0.25, 0.3) is 0 Å². The maximum atomic E-state index is 6.06. The highest BCUT2D eigenvalue weighted by Crippen LogP contribution is 2.43. The molecular weight excluding hydrogens is 270 g/mol. The van der Waals surface area contributed by atoms with Crippen molar-refractivity contribution in [3.05, 3.63) is 65.7 Å². The molecule has 0 aromatic heterocycles. The Bertz CT molecular complexity index is 657. The van der Waals surface area contributed by atoms with Gasteiger partial charge < -0.3 is 11.1 Å². The molecule has 1 fully saturated rings. The predicted molar refractivity (Wildman–Crippen MR) is 93.3 cm³/mol. The van der Waals surface area contributed by atoms with E-state index in [-0.39, 0.29) is 5.41 Å². The van der Waals surface area contributed by atoms with E-state index in [1.165, 1.54) is 30.4 Å². The van der Waals surface area contributed by atoms with Gasteiger partial charge in [0.2, 0.25) is 0 Å². The van der Waals surface area contributed by atoms with Crippen LogP contribution in [0.3, 0.4) is 0 Å². The summed E-state index contributed by atoms with van der Waals surface area (Å²) in [7, 11) is 0. The molecule has 2 aromatic rings. The molecule has 1 saturated carbocycles. The minimum Gasteiger partial charge on any atom is -0.370 e. The van der Waals surface area contributed by atoms with Crippen LogP contribution < -0.4 is 11.1 Å². The first-order valence-electron chi connectivity index (χ1n) is 7.87. The van der Waals surface area contributed by atoms with E-state index in [1.54, 1.807) is 0 Å². The van der Waals surface area contributed by atoms with Gasteiger partial charge in [-0.05, 0) is 43.0 Å². The zero-order valence-corrected chi connectivity index (χ0v) is 13.0. The summed E-state index contributed by atoms with van der Waals surface area (Å²) >= 11 is 0. The largest absolute Gasteiger partial charge is 0.370 e. The number of aryl methyl sites for hydroxylation is 1. The highest BCUT2D eigenvalue weighted by atomic mass is 15.1. The standard InChI is InChI=1S/C19H23N3/c1-15-7-5-10-17(13-15)22-18(20)21-14-19(11-6-12-19)16-8-3-2-4-9-16/h2-5,7-10,13H,6,11-12,14H2,1H3,(H3,20,21,22). The lowest BCUT2D eigenvalue weighted by molar-refractivity contribution is 0.254. The zero-order chi connectivity index (χ0) is 15.4. The molecule has 0 atom stereocenters. The molecule has 0 bridgehead atoms. The Morgan fingerprint density at radius 1 is 1.14 bits per heavy atom. The zero-order valence-electron chi connectivity index (χ0n) is 13.0. The molecule has 0 saturated heterocycles. The van der Waals surface area contributed by atoms with Crippen LogP contribution in [0.1, 0.15) is 30.4 Å². The van der Waals surface area contributed by atoms with Crippen LogP contribution in [0, 0.1) is 6.92 Å². The van der Waals surface area contributed by atoms with Gasteiger partial charge in [-0.2, -0.15) is 0 Å². The summed E-state index contributed by atoms with van der Waals surface area (Å²) in [5.74, 6) is 0.493. The summed E-state index contributed by atoms with van der Waals surface area (Å²) in [5.41, 5.74) is 9.82. The van der Waals surface area contributed by atoms with Crippen molar-refractivity contribution in [1.82, 2.24) is 0 Å². The van der Waals surface area contributed by atoms with Crippen LogP contribution in [0.15, 0.2) is 59.6 Å². The summed E-state index contributed by atoms with van der Waals surface area (Å²) in [4.78, 5) is 4.60. The van der Waals surface area contributed by atoms with E-state index in [9.17, 15) is 0 Å². The number of aliphatic imine (C=N–C) groups is 1. The molecule has 114 valence electrons. The molecule has 0 unspecified atom stereocenters. The molecule has 0 amide bonds. The third kappa shape index (κ3) is 3.14. The normalized spacial score (nSPS) is 16.9. The van der Waals surface area contributed by atoms with Gasteiger partial charge in [0.25, 0.3) is 0 Å². The maximum Gasteiger partial charge on any atom is 0.193 e. The fraction of sp³-hybridized carbons (Fsp3) is 0.316. The van der Waals surface area contributed by atoms with E-state index in [1.807, 2.05) is 12.1 Å². The molecule has 0 aliphatic heterocycles. The third-order valence-corrected chi connectivity index (χ3v) is 4.54. The summed E-state index contributed by atoms with van der Waals surface area (Å²) < 4.78 is 0. The minimum absolute atomic E-state index is 0.181. The molecule has 22 heavy (non-hydrogen) atoms. The van der Waals surface area contributed by atoms with E-state index >= 15 is 0 Å². The Morgan fingerprint density at radius 2 is 1.91 bits per heavy atom. The van der Waals surface area contributed by atoms with Gasteiger partial charge in [0.1, 0.15) is 0 Å². The van der Waals surface area contributed by atoms with Gasteiger partial charge in [0.15, 0.2) is 5.96 Å².